The van der Waals surface area contributed by atoms with Gasteiger partial charge in [-0.25, -0.2) is 0 Å². The molecule has 0 spiro atoms. The summed E-state index contributed by atoms with van der Waals surface area (Å²) >= 11 is 0. The second-order valence-corrected chi connectivity index (χ2v) is 7.24. The van der Waals surface area contributed by atoms with Gasteiger partial charge in [-0.15, -0.1) is 0 Å². The van der Waals surface area contributed by atoms with Crippen LogP contribution < -0.4 is 10.1 Å². The highest BCUT2D eigenvalue weighted by Crippen LogP contribution is 2.34. The van der Waals surface area contributed by atoms with E-state index in [0.717, 1.165) is 19.4 Å². The molecule has 0 unspecified atom stereocenters. The van der Waals surface area contributed by atoms with Gasteiger partial charge >= 0.3 is 0 Å². The lowest BCUT2D eigenvalue weighted by Gasteiger charge is -2.30. The molecule has 1 aromatic carbocycles. The molecule has 0 atom stereocenters. The van der Waals surface area contributed by atoms with Gasteiger partial charge in [-0.1, -0.05) is 19.3 Å². The summed E-state index contributed by atoms with van der Waals surface area (Å²) in [6.45, 7) is 0.916. The SMILES string of the molecule is O=C1COc2ccc(C(=O)N(CC3CCCCC3)C3CC3)cc2N1. The first-order valence-corrected chi connectivity index (χ1v) is 9.08. The Morgan fingerprint density at radius 2 is 1.96 bits per heavy atom. The minimum atomic E-state index is -0.173. The first-order chi connectivity index (χ1) is 11.7. The summed E-state index contributed by atoms with van der Waals surface area (Å²) in [4.78, 5) is 26.6. The fourth-order valence-electron chi connectivity index (χ4n) is 3.81. The quantitative estimate of drug-likeness (QED) is 0.923. The van der Waals surface area contributed by atoms with Crippen molar-refractivity contribution in [1.29, 1.82) is 0 Å². The van der Waals surface area contributed by atoms with Crippen LogP contribution in [0.4, 0.5) is 5.69 Å². The van der Waals surface area contributed by atoms with Crippen molar-refractivity contribution >= 4 is 17.5 Å². The number of anilines is 1. The molecule has 5 heteroatoms. The predicted octanol–water partition coefficient (Wildman–Crippen LogP) is 3.20. The van der Waals surface area contributed by atoms with E-state index in [1.54, 1.807) is 12.1 Å². The van der Waals surface area contributed by atoms with Gasteiger partial charge in [-0.05, 0) is 49.8 Å². The molecule has 3 aliphatic rings. The molecule has 0 bridgehead atoms. The van der Waals surface area contributed by atoms with Gasteiger partial charge < -0.3 is 15.0 Å². The van der Waals surface area contributed by atoms with E-state index in [2.05, 4.69) is 10.2 Å². The van der Waals surface area contributed by atoms with Gasteiger partial charge in [-0.3, -0.25) is 9.59 Å². The molecule has 1 aliphatic heterocycles. The molecular formula is C19H24N2O3. The van der Waals surface area contributed by atoms with E-state index in [4.69, 9.17) is 4.74 Å². The Hall–Kier alpha value is -2.04. The van der Waals surface area contributed by atoms with Crippen LogP contribution in [0.5, 0.6) is 5.75 Å². The van der Waals surface area contributed by atoms with E-state index in [1.165, 1.54) is 32.1 Å². The number of carbonyl (C=O) groups excluding carboxylic acids is 2. The fraction of sp³-hybridized carbons (Fsp3) is 0.579. The highest BCUT2D eigenvalue weighted by molar-refractivity contribution is 6.00. The molecule has 2 saturated carbocycles. The molecule has 0 saturated heterocycles. The number of rotatable bonds is 4. The second-order valence-electron chi connectivity index (χ2n) is 7.24. The first kappa shape index (κ1) is 15.5. The van der Waals surface area contributed by atoms with Crippen molar-refractivity contribution < 1.29 is 14.3 Å². The number of fused-ring (bicyclic) bond motifs is 1. The Bertz CT molecular complexity index is 648. The molecule has 0 radical (unpaired) electrons. The van der Waals surface area contributed by atoms with Crippen LogP contribution in [0.25, 0.3) is 0 Å². The lowest BCUT2D eigenvalue weighted by atomic mass is 9.88. The van der Waals surface area contributed by atoms with Crippen LogP contribution in [-0.2, 0) is 4.79 Å². The Kier molecular flexibility index (Phi) is 4.17. The van der Waals surface area contributed by atoms with Crippen molar-refractivity contribution in [2.24, 2.45) is 5.92 Å². The number of amides is 2. The van der Waals surface area contributed by atoms with E-state index >= 15 is 0 Å². The van der Waals surface area contributed by atoms with Crippen molar-refractivity contribution in [2.75, 3.05) is 18.5 Å². The number of hydrogen-bond donors (Lipinski definition) is 1. The first-order valence-electron chi connectivity index (χ1n) is 9.08. The van der Waals surface area contributed by atoms with Crippen molar-refractivity contribution in [3.63, 3.8) is 0 Å². The van der Waals surface area contributed by atoms with Crippen LogP contribution in [-0.4, -0.2) is 35.9 Å². The summed E-state index contributed by atoms with van der Waals surface area (Å²) in [7, 11) is 0. The molecule has 1 N–H and O–H groups in total. The normalized spacial score (nSPS) is 20.8. The van der Waals surface area contributed by atoms with Crippen molar-refractivity contribution in [1.82, 2.24) is 4.90 Å². The molecule has 2 aliphatic carbocycles. The standard InChI is InChI=1S/C19H24N2O3/c22-18-12-24-17-9-6-14(10-16(17)20-18)19(23)21(15-7-8-15)11-13-4-2-1-3-5-13/h6,9-10,13,15H,1-5,7-8,11-12H2,(H,20,22). The Labute approximate surface area is 142 Å². The third-order valence-corrected chi connectivity index (χ3v) is 5.29. The maximum Gasteiger partial charge on any atom is 0.262 e. The van der Waals surface area contributed by atoms with Gasteiger partial charge in [0.25, 0.3) is 11.8 Å². The number of ether oxygens (including phenoxy) is 1. The van der Waals surface area contributed by atoms with E-state index in [0.29, 0.717) is 29.0 Å². The smallest absolute Gasteiger partial charge is 0.262 e. The maximum absolute atomic E-state index is 13.0. The molecule has 4 rings (SSSR count). The van der Waals surface area contributed by atoms with Crippen LogP contribution >= 0.6 is 0 Å². The monoisotopic (exact) mass is 328 g/mol. The van der Waals surface area contributed by atoms with E-state index in [9.17, 15) is 9.59 Å². The van der Waals surface area contributed by atoms with Gasteiger partial charge in [0.2, 0.25) is 0 Å². The van der Waals surface area contributed by atoms with Crippen LogP contribution in [0, 0.1) is 5.92 Å². The highest BCUT2D eigenvalue weighted by atomic mass is 16.5. The molecule has 2 amide bonds. The number of hydrogen-bond acceptors (Lipinski definition) is 3. The Balaban J connectivity index is 1.52. The number of benzene rings is 1. The van der Waals surface area contributed by atoms with Crippen molar-refractivity contribution in [2.45, 2.75) is 51.0 Å². The van der Waals surface area contributed by atoms with Gasteiger partial charge in [-0.2, -0.15) is 0 Å². The highest BCUT2D eigenvalue weighted by Gasteiger charge is 2.35. The van der Waals surface area contributed by atoms with Gasteiger partial charge in [0.1, 0.15) is 5.75 Å². The minimum absolute atomic E-state index is 0.0379. The third kappa shape index (κ3) is 3.25. The lowest BCUT2D eigenvalue weighted by molar-refractivity contribution is -0.118. The molecule has 1 aromatic rings. The lowest BCUT2D eigenvalue weighted by Crippen LogP contribution is -2.38. The van der Waals surface area contributed by atoms with Crippen molar-refractivity contribution in [3.05, 3.63) is 23.8 Å². The maximum atomic E-state index is 13.0. The molecule has 1 heterocycles. The molecule has 5 nitrogen and oxygen atoms in total. The molecule has 2 fully saturated rings. The molecular weight excluding hydrogens is 304 g/mol. The Morgan fingerprint density at radius 1 is 1.17 bits per heavy atom. The second kappa shape index (κ2) is 6.46. The number of nitrogens with one attached hydrogen (secondary N) is 1. The van der Waals surface area contributed by atoms with Crippen LogP contribution in [0.1, 0.15) is 55.3 Å². The average Bonchev–Trinajstić information content (AvgIpc) is 3.44. The summed E-state index contributed by atoms with van der Waals surface area (Å²) in [5.74, 6) is 1.19. The van der Waals surface area contributed by atoms with E-state index in [1.807, 2.05) is 6.07 Å². The number of carbonyl (C=O) groups is 2. The summed E-state index contributed by atoms with van der Waals surface area (Å²) in [5.41, 5.74) is 1.24. The van der Waals surface area contributed by atoms with Crippen LogP contribution in [0.2, 0.25) is 0 Å². The van der Waals surface area contributed by atoms with E-state index in [-0.39, 0.29) is 18.4 Å². The summed E-state index contributed by atoms with van der Waals surface area (Å²) in [6, 6.07) is 5.76. The summed E-state index contributed by atoms with van der Waals surface area (Å²) in [5, 5.41) is 2.79. The van der Waals surface area contributed by atoms with Crippen LogP contribution in [0.3, 0.4) is 0 Å². The minimum Gasteiger partial charge on any atom is -0.482 e. The largest absolute Gasteiger partial charge is 0.482 e. The van der Waals surface area contributed by atoms with Gasteiger partial charge in [0.05, 0.1) is 5.69 Å². The Morgan fingerprint density at radius 3 is 2.71 bits per heavy atom. The van der Waals surface area contributed by atoms with E-state index < -0.39 is 0 Å². The van der Waals surface area contributed by atoms with Crippen molar-refractivity contribution in [3.8, 4) is 5.75 Å². The zero-order valence-corrected chi connectivity index (χ0v) is 13.9. The predicted molar refractivity (Wildman–Crippen MR) is 91.2 cm³/mol. The van der Waals surface area contributed by atoms with Crippen LogP contribution in [0.15, 0.2) is 18.2 Å². The molecule has 24 heavy (non-hydrogen) atoms. The topological polar surface area (TPSA) is 58.6 Å². The summed E-state index contributed by atoms with van der Waals surface area (Å²) in [6.07, 6.45) is 8.62. The van der Waals surface area contributed by atoms with Gasteiger partial charge in [0, 0.05) is 18.2 Å². The van der Waals surface area contributed by atoms with Gasteiger partial charge in [0.15, 0.2) is 6.61 Å². The summed E-state index contributed by atoms with van der Waals surface area (Å²) < 4.78 is 5.38. The molecule has 128 valence electrons. The fourth-order valence-corrected chi connectivity index (χ4v) is 3.81. The zero-order chi connectivity index (χ0) is 16.5. The zero-order valence-electron chi connectivity index (χ0n) is 13.9. The number of nitrogens with zero attached hydrogens (tertiary/aromatic N) is 1. The molecule has 0 aromatic heterocycles. The average molecular weight is 328 g/mol. The third-order valence-electron chi connectivity index (χ3n) is 5.29.